The molecule has 6 heteroatoms. The molecular formula is C18H22N4O2. The number of rotatable bonds is 6. The average Bonchev–Trinajstić information content (AvgIpc) is 3.03. The van der Waals surface area contributed by atoms with Gasteiger partial charge in [-0.1, -0.05) is 6.07 Å². The van der Waals surface area contributed by atoms with E-state index in [1.165, 1.54) is 0 Å². The van der Waals surface area contributed by atoms with Crippen LogP contribution in [0.5, 0.6) is 0 Å². The number of pyridine rings is 1. The smallest absolute Gasteiger partial charge is 0.225 e. The minimum atomic E-state index is -0.0309. The highest BCUT2D eigenvalue weighted by atomic mass is 16.5. The van der Waals surface area contributed by atoms with Crippen LogP contribution < -0.4 is 4.90 Å². The van der Waals surface area contributed by atoms with E-state index in [0.717, 1.165) is 50.7 Å². The molecule has 24 heavy (non-hydrogen) atoms. The summed E-state index contributed by atoms with van der Waals surface area (Å²) in [6, 6.07) is 5.82. The molecule has 0 N–H and O–H groups in total. The Bertz CT molecular complexity index is 647. The Labute approximate surface area is 141 Å². The molecule has 4 rings (SSSR count). The largest absolute Gasteiger partial charge is 0.377 e. The molecule has 0 aliphatic carbocycles. The second kappa shape index (κ2) is 6.83. The van der Waals surface area contributed by atoms with Crippen molar-refractivity contribution in [1.82, 2.24) is 15.0 Å². The van der Waals surface area contributed by atoms with Gasteiger partial charge < -0.3 is 14.4 Å². The standard InChI is InChI=1S/C18H22N4O2/c1-3-15(11-19-6-1)12-23-9-4-16-5-10-24-18(16)13-22(14-18)17-20-7-2-8-21-17/h1-3,6-8,11,16H,4-5,9-10,12-14H2/t16-/m1/s1. The second-order valence-electron chi connectivity index (χ2n) is 6.51. The molecule has 0 aromatic carbocycles. The van der Waals surface area contributed by atoms with Crippen molar-refractivity contribution in [1.29, 1.82) is 0 Å². The number of aromatic nitrogens is 3. The molecule has 1 spiro atoms. The van der Waals surface area contributed by atoms with Crippen LogP contribution >= 0.6 is 0 Å². The molecular weight excluding hydrogens is 304 g/mol. The van der Waals surface area contributed by atoms with Crippen LogP contribution in [-0.2, 0) is 16.1 Å². The molecule has 6 nitrogen and oxygen atoms in total. The molecule has 2 aliphatic heterocycles. The summed E-state index contributed by atoms with van der Waals surface area (Å²) in [6.45, 7) is 3.98. The van der Waals surface area contributed by atoms with Crippen molar-refractivity contribution in [3.63, 3.8) is 0 Å². The highest BCUT2D eigenvalue weighted by Gasteiger charge is 2.53. The molecule has 2 aromatic heterocycles. The molecule has 2 saturated heterocycles. The highest BCUT2D eigenvalue weighted by molar-refractivity contribution is 5.37. The van der Waals surface area contributed by atoms with Gasteiger partial charge in [0.05, 0.1) is 19.7 Å². The monoisotopic (exact) mass is 326 g/mol. The third kappa shape index (κ3) is 3.12. The maximum Gasteiger partial charge on any atom is 0.225 e. The first kappa shape index (κ1) is 15.5. The fourth-order valence-corrected chi connectivity index (χ4v) is 3.64. The van der Waals surface area contributed by atoms with Crippen molar-refractivity contribution in [2.45, 2.75) is 25.0 Å². The first-order valence-corrected chi connectivity index (χ1v) is 8.48. The topological polar surface area (TPSA) is 60.4 Å². The predicted octanol–water partition coefficient (Wildman–Crippen LogP) is 2.07. The Hall–Kier alpha value is -2.05. The lowest BCUT2D eigenvalue weighted by Crippen LogP contribution is -2.65. The maximum absolute atomic E-state index is 6.09. The number of hydrogen-bond donors (Lipinski definition) is 0. The number of anilines is 1. The lowest BCUT2D eigenvalue weighted by molar-refractivity contribution is -0.0515. The third-order valence-corrected chi connectivity index (χ3v) is 4.95. The van der Waals surface area contributed by atoms with E-state index in [1.807, 2.05) is 24.4 Å². The van der Waals surface area contributed by atoms with Gasteiger partial charge in [0.1, 0.15) is 5.60 Å². The van der Waals surface area contributed by atoms with Gasteiger partial charge in [0, 0.05) is 38.0 Å². The summed E-state index contributed by atoms with van der Waals surface area (Å²) in [5.41, 5.74) is 1.09. The van der Waals surface area contributed by atoms with Gasteiger partial charge >= 0.3 is 0 Å². The zero-order chi connectivity index (χ0) is 16.2. The van der Waals surface area contributed by atoms with Crippen molar-refractivity contribution in [2.24, 2.45) is 5.92 Å². The van der Waals surface area contributed by atoms with Gasteiger partial charge in [-0.3, -0.25) is 4.98 Å². The van der Waals surface area contributed by atoms with E-state index in [2.05, 4.69) is 19.9 Å². The van der Waals surface area contributed by atoms with Crippen molar-refractivity contribution in [3.05, 3.63) is 48.5 Å². The number of ether oxygens (including phenoxy) is 2. The molecule has 4 heterocycles. The van der Waals surface area contributed by atoms with Gasteiger partial charge in [-0.25, -0.2) is 9.97 Å². The summed E-state index contributed by atoms with van der Waals surface area (Å²) in [5.74, 6) is 1.34. The molecule has 1 atom stereocenters. The Morgan fingerprint density at radius 3 is 2.88 bits per heavy atom. The zero-order valence-electron chi connectivity index (χ0n) is 13.7. The lowest BCUT2D eigenvalue weighted by Gasteiger charge is -2.50. The third-order valence-electron chi connectivity index (χ3n) is 4.95. The van der Waals surface area contributed by atoms with Crippen LogP contribution in [0.1, 0.15) is 18.4 Å². The molecule has 0 amide bonds. The van der Waals surface area contributed by atoms with Crippen LogP contribution in [0.25, 0.3) is 0 Å². The summed E-state index contributed by atoms with van der Waals surface area (Å²) in [5, 5.41) is 0. The molecule has 0 bridgehead atoms. The van der Waals surface area contributed by atoms with Crippen molar-refractivity contribution in [3.8, 4) is 0 Å². The van der Waals surface area contributed by atoms with Gasteiger partial charge in [0.25, 0.3) is 0 Å². The predicted molar refractivity (Wildman–Crippen MR) is 89.5 cm³/mol. The summed E-state index contributed by atoms with van der Waals surface area (Å²) in [6.07, 6.45) is 9.34. The minimum Gasteiger partial charge on any atom is -0.377 e. The van der Waals surface area contributed by atoms with E-state index in [9.17, 15) is 0 Å². The van der Waals surface area contributed by atoms with Crippen LogP contribution in [0, 0.1) is 5.92 Å². The second-order valence-corrected chi connectivity index (χ2v) is 6.51. The van der Waals surface area contributed by atoms with E-state index in [4.69, 9.17) is 9.47 Å². The maximum atomic E-state index is 6.09. The summed E-state index contributed by atoms with van der Waals surface area (Å²) in [4.78, 5) is 14.9. The van der Waals surface area contributed by atoms with E-state index in [-0.39, 0.29) is 5.60 Å². The first-order valence-electron chi connectivity index (χ1n) is 8.48. The molecule has 126 valence electrons. The van der Waals surface area contributed by atoms with Gasteiger partial charge in [-0.2, -0.15) is 0 Å². The molecule has 0 saturated carbocycles. The number of nitrogens with zero attached hydrogens (tertiary/aromatic N) is 4. The van der Waals surface area contributed by atoms with E-state index in [1.54, 1.807) is 18.6 Å². The van der Waals surface area contributed by atoms with E-state index >= 15 is 0 Å². The van der Waals surface area contributed by atoms with Crippen LogP contribution in [0.3, 0.4) is 0 Å². The van der Waals surface area contributed by atoms with Crippen LogP contribution in [0.15, 0.2) is 43.0 Å². The normalized spacial score (nSPS) is 21.8. The average molecular weight is 326 g/mol. The fraction of sp³-hybridized carbons (Fsp3) is 0.500. The molecule has 2 aliphatic rings. The number of hydrogen-bond acceptors (Lipinski definition) is 6. The lowest BCUT2D eigenvalue weighted by atomic mass is 9.79. The van der Waals surface area contributed by atoms with Crippen LogP contribution in [0.2, 0.25) is 0 Å². The zero-order valence-corrected chi connectivity index (χ0v) is 13.7. The fourth-order valence-electron chi connectivity index (χ4n) is 3.64. The minimum absolute atomic E-state index is 0.0309. The molecule has 2 fully saturated rings. The molecule has 0 radical (unpaired) electrons. The molecule has 0 unspecified atom stereocenters. The van der Waals surface area contributed by atoms with Gasteiger partial charge in [-0.05, 0) is 36.5 Å². The van der Waals surface area contributed by atoms with E-state index < -0.39 is 0 Å². The Balaban J connectivity index is 1.26. The Morgan fingerprint density at radius 1 is 1.21 bits per heavy atom. The Kier molecular flexibility index (Phi) is 4.40. The SMILES string of the molecule is c1cnc(N2CC3(C2)OCC[C@H]3CCOCc2cccnc2)nc1. The van der Waals surface area contributed by atoms with Gasteiger partial charge in [-0.15, -0.1) is 0 Å². The Morgan fingerprint density at radius 2 is 2.08 bits per heavy atom. The van der Waals surface area contributed by atoms with Crippen LogP contribution in [0.4, 0.5) is 5.95 Å². The van der Waals surface area contributed by atoms with Crippen molar-refractivity contribution >= 4 is 5.95 Å². The van der Waals surface area contributed by atoms with Crippen LogP contribution in [-0.4, -0.2) is 46.9 Å². The van der Waals surface area contributed by atoms with Crippen molar-refractivity contribution < 1.29 is 9.47 Å². The highest BCUT2D eigenvalue weighted by Crippen LogP contribution is 2.42. The molecule has 2 aromatic rings. The van der Waals surface area contributed by atoms with Gasteiger partial charge in [0.2, 0.25) is 5.95 Å². The van der Waals surface area contributed by atoms with E-state index in [0.29, 0.717) is 12.5 Å². The summed E-state index contributed by atoms with van der Waals surface area (Å²) >= 11 is 0. The first-order chi connectivity index (χ1) is 11.9. The van der Waals surface area contributed by atoms with Crippen molar-refractivity contribution in [2.75, 3.05) is 31.2 Å². The summed E-state index contributed by atoms with van der Waals surface area (Å²) in [7, 11) is 0. The van der Waals surface area contributed by atoms with Gasteiger partial charge in [0.15, 0.2) is 0 Å². The quantitative estimate of drug-likeness (QED) is 0.758. The summed E-state index contributed by atoms with van der Waals surface area (Å²) < 4.78 is 11.9.